The highest BCUT2D eigenvalue weighted by Gasteiger charge is 2.21. The summed E-state index contributed by atoms with van der Waals surface area (Å²) < 4.78 is 0.743. The summed E-state index contributed by atoms with van der Waals surface area (Å²) in [5, 5.41) is 3.78. The normalized spacial score (nSPS) is 20.8. The Bertz CT molecular complexity index is 388. The van der Waals surface area contributed by atoms with Crippen LogP contribution in [0.5, 0.6) is 0 Å². The van der Waals surface area contributed by atoms with Crippen molar-refractivity contribution in [2.45, 2.75) is 13.3 Å². The summed E-state index contributed by atoms with van der Waals surface area (Å²) in [5.74, 6) is 1.47. The van der Waals surface area contributed by atoms with Crippen LogP contribution in [0.15, 0.2) is 10.8 Å². The Morgan fingerprint density at radius 1 is 1.59 bits per heavy atom. The highest BCUT2D eigenvalue weighted by molar-refractivity contribution is 9.10. The molecule has 1 N–H and O–H groups in total. The van der Waals surface area contributed by atoms with Gasteiger partial charge in [0.1, 0.15) is 17.3 Å². The van der Waals surface area contributed by atoms with Gasteiger partial charge in [0, 0.05) is 13.1 Å². The monoisotopic (exact) mass is 318 g/mol. The molecule has 6 heteroatoms. The van der Waals surface area contributed by atoms with E-state index in [9.17, 15) is 0 Å². The van der Waals surface area contributed by atoms with E-state index >= 15 is 0 Å². The highest BCUT2D eigenvalue weighted by atomic mass is 79.9. The molecule has 0 amide bonds. The van der Waals surface area contributed by atoms with Crippen molar-refractivity contribution in [2.75, 3.05) is 31.5 Å². The second-order valence-electron chi connectivity index (χ2n) is 4.26. The van der Waals surface area contributed by atoms with E-state index in [0.717, 1.165) is 23.4 Å². The van der Waals surface area contributed by atoms with Gasteiger partial charge in [0.15, 0.2) is 0 Å². The average Bonchev–Trinajstić information content (AvgIpc) is 2.79. The number of aromatic nitrogens is 2. The van der Waals surface area contributed by atoms with E-state index in [2.05, 4.69) is 43.0 Å². The molecule has 1 fully saturated rings. The van der Waals surface area contributed by atoms with E-state index < -0.39 is 0 Å². The molecule has 17 heavy (non-hydrogen) atoms. The molecule has 2 rings (SSSR count). The number of hydrogen-bond acceptors (Lipinski definition) is 4. The minimum absolute atomic E-state index is 0.448. The predicted octanol–water partition coefficient (Wildman–Crippen LogP) is 2.65. The van der Waals surface area contributed by atoms with Crippen molar-refractivity contribution >= 4 is 33.3 Å². The third-order valence-electron chi connectivity index (χ3n) is 3.12. The van der Waals surface area contributed by atoms with Gasteiger partial charge in [-0.1, -0.05) is 18.5 Å². The van der Waals surface area contributed by atoms with Gasteiger partial charge in [0.05, 0.1) is 4.47 Å². The van der Waals surface area contributed by atoms with E-state index in [1.165, 1.54) is 25.8 Å². The maximum atomic E-state index is 5.91. The molecule has 1 saturated heterocycles. The third kappa shape index (κ3) is 3.30. The maximum absolute atomic E-state index is 5.91. The van der Waals surface area contributed by atoms with Gasteiger partial charge in [-0.3, -0.25) is 0 Å². The molecule has 1 aromatic heterocycles. The molecular weight excluding hydrogens is 304 g/mol. The van der Waals surface area contributed by atoms with E-state index in [1.807, 2.05) is 0 Å². The van der Waals surface area contributed by atoms with Gasteiger partial charge in [-0.25, -0.2) is 9.97 Å². The molecule has 1 atom stereocenters. The van der Waals surface area contributed by atoms with Gasteiger partial charge in [-0.05, 0) is 41.4 Å². The first-order chi connectivity index (χ1) is 8.20. The summed E-state index contributed by atoms with van der Waals surface area (Å²) in [6, 6.07) is 0. The molecule has 4 nitrogen and oxygen atoms in total. The van der Waals surface area contributed by atoms with Crippen LogP contribution in [0, 0.1) is 5.92 Å². The Morgan fingerprint density at radius 3 is 3.12 bits per heavy atom. The van der Waals surface area contributed by atoms with E-state index in [4.69, 9.17) is 11.6 Å². The van der Waals surface area contributed by atoms with Crippen LogP contribution in [0.2, 0.25) is 5.15 Å². The molecule has 1 unspecified atom stereocenters. The molecule has 1 aliphatic heterocycles. The molecule has 0 spiro atoms. The van der Waals surface area contributed by atoms with Crippen LogP contribution in [-0.2, 0) is 0 Å². The first-order valence-corrected chi connectivity index (χ1v) is 7.00. The standard InChI is InChI=1S/C11H16BrClN4/c1-2-17-4-3-8(6-17)5-14-11-9(12)10(13)15-7-16-11/h7-8H,2-6H2,1H3,(H,14,15,16). The quantitative estimate of drug-likeness (QED) is 0.866. The lowest BCUT2D eigenvalue weighted by Crippen LogP contribution is -2.22. The van der Waals surface area contributed by atoms with Crippen molar-refractivity contribution in [3.8, 4) is 0 Å². The van der Waals surface area contributed by atoms with Crippen LogP contribution in [0.4, 0.5) is 5.82 Å². The van der Waals surface area contributed by atoms with Crippen LogP contribution >= 0.6 is 27.5 Å². The Kier molecular flexibility index (Phi) is 4.59. The molecule has 1 aliphatic rings. The second kappa shape index (κ2) is 5.98. The average molecular weight is 320 g/mol. The van der Waals surface area contributed by atoms with Crippen molar-refractivity contribution in [2.24, 2.45) is 5.92 Å². The summed E-state index contributed by atoms with van der Waals surface area (Å²) in [5.41, 5.74) is 0. The first-order valence-electron chi connectivity index (χ1n) is 5.83. The lowest BCUT2D eigenvalue weighted by molar-refractivity contribution is 0.345. The maximum Gasteiger partial charge on any atom is 0.148 e. The smallest absolute Gasteiger partial charge is 0.148 e. The van der Waals surface area contributed by atoms with Gasteiger partial charge in [-0.2, -0.15) is 0 Å². The van der Waals surface area contributed by atoms with Crippen LogP contribution in [0.25, 0.3) is 0 Å². The van der Waals surface area contributed by atoms with Crippen molar-refractivity contribution in [3.63, 3.8) is 0 Å². The molecule has 2 heterocycles. The fourth-order valence-corrected chi connectivity index (χ4v) is 2.56. The lowest BCUT2D eigenvalue weighted by Gasteiger charge is -2.14. The minimum atomic E-state index is 0.448. The first kappa shape index (κ1) is 13.1. The molecule has 0 aliphatic carbocycles. The summed E-state index contributed by atoms with van der Waals surface area (Å²) in [6.07, 6.45) is 2.72. The zero-order chi connectivity index (χ0) is 12.3. The van der Waals surface area contributed by atoms with Crippen molar-refractivity contribution in [1.82, 2.24) is 14.9 Å². The van der Waals surface area contributed by atoms with Gasteiger partial charge in [-0.15, -0.1) is 0 Å². The van der Waals surface area contributed by atoms with Gasteiger partial charge < -0.3 is 10.2 Å². The second-order valence-corrected chi connectivity index (χ2v) is 5.41. The van der Waals surface area contributed by atoms with Crippen LogP contribution in [0.1, 0.15) is 13.3 Å². The molecule has 0 bridgehead atoms. The molecule has 0 radical (unpaired) electrons. The van der Waals surface area contributed by atoms with Crippen LogP contribution in [0.3, 0.4) is 0 Å². The fourth-order valence-electron chi connectivity index (χ4n) is 2.08. The van der Waals surface area contributed by atoms with E-state index in [1.54, 1.807) is 0 Å². The molecular formula is C11H16BrClN4. The number of rotatable bonds is 4. The Morgan fingerprint density at radius 2 is 2.41 bits per heavy atom. The number of nitrogens with zero attached hydrogens (tertiary/aromatic N) is 3. The Labute approximate surface area is 115 Å². The number of anilines is 1. The van der Waals surface area contributed by atoms with Crippen LogP contribution in [-0.4, -0.2) is 41.0 Å². The topological polar surface area (TPSA) is 41.0 Å². The third-order valence-corrected chi connectivity index (χ3v) is 4.39. The predicted molar refractivity (Wildman–Crippen MR) is 73.5 cm³/mol. The van der Waals surface area contributed by atoms with Crippen LogP contribution < -0.4 is 5.32 Å². The number of hydrogen-bond donors (Lipinski definition) is 1. The van der Waals surface area contributed by atoms with Gasteiger partial charge in [0.25, 0.3) is 0 Å². The number of halogens is 2. The Balaban J connectivity index is 1.88. The van der Waals surface area contributed by atoms with E-state index in [0.29, 0.717) is 11.1 Å². The molecule has 94 valence electrons. The highest BCUT2D eigenvalue weighted by Crippen LogP contribution is 2.26. The van der Waals surface area contributed by atoms with Gasteiger partial charge >= 0.3 is 0 Å². The zero-order valence-electron chi connectivity index (χ0n) is 9.79. The summed E-state index contributed by atoms with van der Waals surface area (Å²) >= 11 is 9.29. The van der Waals surface area contributed by atoms with Crippen molar-refractivity contribution < 1.29 is 0 Å². The fraction of sp³-hybridized carbons (Fsp3) is 0.636. The summed E-state index contributed by atoms with van der Waals surface area (Å²) in [6.45, 7) is 6.65. The minimum Gasteiger partial charge on any atom is -0.369 e. The summed E-state index contributed by atoms with van der Waals surface area (Å²) in [7, 11) is 0. The molecule has 1 aromatic rings. The zero-order valence-corrected chi connectivity index (χ0v) is 12.1. The Hall–Kier alpha value is -0.390. The molecule has 0 saturated carbocycles. The van der Waals surface area contributed by atoms with Crippen molar-refractivity contribution in [3.05, 3.63) is 16.0 Å². The molecule has 0 aromatic carbocycles. The number of likely N-dealkylation sites (tertiary alicyclic amines) is 1. The largest absolute Gasteiger partial charge is 0.369 e. The lowest BCUT2D eigenvalue weighted by atomic mass is 10.1. The van der Waals surface area contributed by atoms with E-state index in [-0.39, 0.29) is 0 Å². The number of nitrogens with one attached hydrogen (secondary N) is 1. The summed E-state index contributed by atoms with van der Waals surface area (Å²) in [4.78, 5) is 10.5. The van der Waals surface area contributed by atoms with Crippen molar-refractivity contribution in [1.29, 1.82) is 0 Å². The SMILES string of the molecule is CCN1CCC(CNc2ncnc(Cl)c2Br)C1. The van der Waals surface area contributed by atoms with Gasteiger partial charge in [0.2, 0.25) is 0 Å².